The van der Waals surface area contributed by atoms with Crippen molar-refractivity contribution in [2.75, 3.05) is 0 Å². The predicted molar refractivity (Wildman–Crippen MR) is 218 cm³/mol. The molecule has 0 fully saturated rings. The standard InChI is InChI=1S/C50H30O/c1-3-13-33-27-35(23-21-31(33)11-1)36-25-26-40-45-29-37-15-5-6-16-39(37)49(50(45)51-46(40)30-36)48-43-19-9-7-17-41(43)47(42-18-8-10-20-44(42)48)38-24-22-32-12-2-4-14-34(32)28-38/h1-30H. The summed E-state index contributed by atoms with van der Waals surface area (Å²) in [5.74, 6) is 0. The van der Waals surface area contributed by atoms with Crippen LogP contribution >= 0.6 is 0 Å². The minimum absolute atomic E-state index is 0.897. The Hall–Kier alpha value is -6.70. The minimum atomic E-state index is 0.897. The van der Waals surface area contributed by atoms with Crippen molar-refractivity contribution in [3.63, 3.8) is 0 Å². The van der Waals surface area contributed by atoms with E-state index < -0.39 is 0 Å². The van der Waals surface area contributed by atoms with Crippen LogP contribution < -0.4 is 0 Å². The molecule has 0 saturated heterocycles. The first-order valence-corrected chi connectivity index (χ1v) is 17.6. The second-order valence-electron chi connectivity index (χ2n) is 13.6. The monoisotopic (exact) mass is 646 g/mol. The lowest BCUT2D eigenvalue weighted by molar-refractivity contribution is 0.670. The van der Waals surface area contributed by atoms with E-state index in [0.29, 0.717) is 0 Å². The molecule has 0 amide bonds. The third-order valence-corrected chi connectivity index (χ3v) is 10.8. The summed E-state index contributed by atoms with van der Waals surface area (Å²) in [6, 6.07) is 66.3. The van der Waals surface area contributed by atoms with E-state index in [1.165, 1.54) is 76.1 Å². The van der Waals surface area contributed by atoms with Gasteiger partial charge in [0.25, 0.3) is 0 Å². The van der Waals surface area contributed by atoms with Crippen LogP contribution in [0.25, 0.3) is 109 Å². The molecular weight excluding hydrogens is 617 g/mol. The van der Waals surface area contributed by atoms with Crippen LogP contribution in [0.4, 0.5) is 0 Å². The van der Waals surface area contributed by atoms with Gasteiger partial charge in [0.05, 0.1) is 0 Å². The SMILES string of the molecule is c1ccc2cc(-c3ccc4c(c3)oc3c(-c5c6ccccc6c(-c6ccc7ccccc7c6)c6ccccc56)c5ccccc5cc34)ccc2c1. The van der Waals surface area contributed by atoms with Gasteiger partial charge in [-0.15, -0.1) is 0 Å². The molecular formula is C50H30O. The van der Waals surface area contributed by atoms with Crippen molar-refractivity contribution >= 4 is 75.8 Å². The number of benzene rings is 10. The molecule has 0 atom stereocenters. The predicted octanol–water partition coefficient (Wildman–Crippen LogP) is 14.4. The van der Waals surface area contributed by atoms with Gasteiger partial charge in [0.1, 0.15) is 11.2 Å². The van der Waals surface area contributed by atoms with Gasteiger partial charge in [0.2, 0.25) is 0 Å². The highest BCUT2D eigenvalue weighted by atomic mass is 16.3. The van der Waals surface area contributed by atoms with Crippen LogP contribution in [0.1, 0.15) is 0 Å². The minimum Gasteiger partial charge on any atom is -0.455 e. The summed E-state index contributed by atoms with van der Waals surface area (Å²) in [6.45, 7) is 0. The van der Waals surface area contributed by atoms with Crippen LogP contribution in [0, 0.1) is 0 Å². The molecule has 0 unspecified atom stereocenters. The van der Waals surface area contributed by atoms with E-state index in [1.807, 2.05) is 0 Å². The normalized spacial score (nSPS) is 11.9. The molecule has 0 bridgehead atoms. The summed E-state index contributed by atoms with van der Waals surface area (Å²) in [4.78, 5) is 0. The van der Waals surface area contributed by atoms with Crippen molar-refractivity contribution in [1.29, 1.82) is 0 Å². The zero-order valence-electron chi connectivity index (χ0n) is 27.7. The van der Waals surface area contributed by atoms with Crippen LogP contribution in [0.5, 0.6) is 0 Å². The van der Waals surface area contributed by atoms with E-state index in [4.69, 9.17) is 4.42 Å². The van der Waals surface area contributed by atoms with Crippen LogP contribution in [0.15, 0.2) is 186 Å². The zero-order valence-corrected chi connectivity index (χ0v) is 27.7. The van der Waals surface area contributed by atoms with Gasteiger partial charge in [-0.25, -0.2) is 0 Å². The highest BCUT2D eigenvalue weighted by Gasteiger charge is 2.23. The summed E-state index contributed by atoms with van der Waals surface area (Å²) in [5.41, 5.74) is 8.99. The maximum absolute atomic E-state index is 7.06. The Labute approximate surface area is 294 Å². The topological polar surface area (TPSA) is 13.1 Å². The Bertz CT molecular complexity index is 3140. The average Bonchev–Trinajstić information content (AvgIpc) is 3.56. The van der Waals surface area contributed by atoms with Gasteiger partial charge in [-0.2, -0.15) is 0 Å². The summed E-state index contributed by atoms with van der Waals surface area (Å²) in [6.07, 6.45) is 0. The Morgan fingerprint density at radius 2 is 0.725 bits per heavy atom. The lowest BCUT2D eigenvalue weighted by Crippen LogP contribution is -1.92. The van der Waals surface area contributed by atoms with Gasteiger partial charge in [-0.05, 0) is 106 Å². The molecule has 0 spiro atoms. The van der Waals surface area contributed by atoms with E-state index in [2.05, 4.69) is 182 Å². The lowest BCUT2D eigenvalue weighted by atomic mass is 9.84. The Morgan fingerprint density at radius 1 is 0.255 bits per heavy atom. The van der Waals surface area contributed by atoms with E-state index in [1.54, 1.807) is 0 Å². The fourth-order valence-corrected chi connectivity index (χ4v) is 8.42. The molecule has 0 aliphatic carbocycles. The summed E-state index contributed by atoms with van der Waals surface area (Å²) in [5, 5.41) is 14.5. The Morgan fingerprint density at radius 3 is 1.37 bits per heavy atom. The average molecular weight is 647 g/mol. The number of furan rings is 1. The van der Waals surface area contributed by atoms with Crippen LogP contribution in [-0.2, 0) is 0 Å². The summed E-state index contributed by atoms with van der Waals surface area (Å²) in [7, 11) is 0. The fourth-order valence-electron chi connectivity index (χ4n) is 8.42. The number of hydrogen-bond donors (Lipinski definition) is 0. The molecule has 0 radical (unpaired) electrons. The zero-order chi connectivity index (χ0) is 33.5. The van der Waals surface area contributed by atoms with Crippen LogP contribution in [0.3, 0.4) is 0 Å². The number of rotatable bonds is 3. The van der Waals surface area contributed by atoms with Crippen LogP contribution in [-0.4, -0.2) is 0 Å². The Balaban J connectivity index is 1.23. The highest BCUT2D eigenvalue weighted by molar-refractivity contribution is 6.28. The molecule has 0 saturated carbocycles. The maximum Gasteiger partial charge on any atom is 0.143 e. The molecule has 1 heteroatoms. The fraction of sp³-hybridized carbons (Fsp3) is 0. The first-order chi connectivity index (χ1) is 25.3. The molecule has 0 aliphatic heterocycles. The van der Waals surface area contributed by atoms with Gasteiger partial charge < -0.3 is 4.42 Å². The smallest absolute Gasteiger partial charge is 0.143 e. The quantitative estimate of drug-likeness (QED) is 0.174. The van der Waals surface area contributed by atoms with Crippen molar-refractivity contribution in [2.24, 2.45) is 0 Å². The number of fused-ring (bicyclic) bond motifs is 8. The Kier molecular flexibility index (Phi) is 6.02. The maximum atomic E-state index is 7.06. The molecule has 10 aromatic carbocycles. The molecule has 0 N–H and O–H groups in total. The molecule has 0 aliphatic rings. The molecule has 1 aromatic heterocycles. The molecule has 11 rings (SSSR count). The first-order valence-electron chi connectivity index (χ1n) is 17.6. The molecule has 236 valence electrons. The van der Waals surface area contributed by atoms with Crippen molar-refractivity contribution < 1.29 is 4.42 Å². The second-order valence-corrected chi connectivity index (χ2v) is 13.6. The molecule has 51 heavy (non-hydrogen) atoms. The third kappa shape index (κ3) is 4.28. The first kappa shape index (κ1) is 28.2. The van der Waals surface area contributed by atoms with E-state index >= 15 is 0 Å². The highest BCUT2D eigenvalue weighted by Crippen LogP contribution is 2.49. The third-order valence-electron chi connectivity index (χ3n) is 10.8. The van der Waals surface area contributed by atoms with Crippen LogP contribution in [0.2, 0.25) is 0 Å². The van der Waals surface area contributed by atoms with Gasteiger partial charge in [-0.3, -0.25) is 0 Å². The van der Waals surface area contributed by atoms with Crippen molar-refractivity contribution in [3.8, 4) is 33.4 Å². The van der Waals surface area contributed by atoms with E-state index in [0.717, 1.165) is 33.1 Å². The number of hydrogen-bond acceptors (Lipinski definition) is 1. The van der Waals surface area contributed by atoms with Crippen molar-refractivity contribution in [1.82, 2.24) is 0 Å². The van der Waals surface area contributed by atoms with E-state index in [-0.39, 0.29) is 0 Å². The second kappa shape index (κ2) is 10.9. The van der Waals surface area contributed by atoms with Gasteiger partial charge in [-0.1, -0.05) is 152 Å². The summed E-state index contributed by atoms with van der Waals surface area (Å²) >= 11 is 0. The van der Waals surface area contributed by atoms with E-state index in [9.17, 15) is 0 Å². The molecule has 1 heterocycles. The van der Waals surface area contributed by atoms with Gasteiger partial charge in [0.15, 0.2) is 0 Å². The van der Waals surface area contributed by atoms with Gasteiger partial charge >= 0.3 is 0 Å². The molecule has 1 nitrogen and oxygen atoms in total. The van der Waals surface area contributed by atoms with Gasteiger partial charge in [0, 0.05) is 21.9 Å². The lowest BCUT2D eigenvalue weighted by Gasteiger charge is -2.19. The largest absolute Gasteiger partial charge is 0.455 e. The van der Waals surface area contributed by atoms with Crippen molar-refractivity contribution in [3.05, 3.63) is 182 Å². The molecule has 11 aromatic rings. The van der Waals surface area contributed by atoms with Crippen molar-refractivity contribution in [2.45, 2.75) is 0 Å². The summed E-state index contributed by atoms with van der Waals surface area (Å²) < 4.78 is 7.06.